The molecule has 2 saturated carbocycles. The Labute approximate surface area is 266 Å². The summed E-state index contributed by atoms with van der Waals surface area (Å²) in [6.45, 7) is 1.26. The van der Waals surface area contributed by atoms with Crippen molar-refractivity contribution in [2.75, 3.05) is 32.1 Å². The van der Waals surface area contributed by atoms with Crippen LogP contribution in [0.5, 0.6) is 0 Å². The molecule has 2 aromatic rings. The third kappa shape index (κ3) is 7.35. The smallest absolute Gasteiger partial charge is 0.382 e. The normalized spacial score (nSPS) is 24.1. The van der Waals surface area contributed by atoms with Crippen LogP contribution >= 0.6 is 0 Å². The van der Waals surface area contributed by atoms with Crippen LogP contribution in [0.25, 0.3) is 11.4 Å². The summed E-state index contributed by atoms with van der Waals surface area (Å²) < 4.78 is 65.3. The highest BCUT2D eigenvalue weighted by molar-refractivity contribution is 7.90. The zero-order valence-electron chi connectivity index (χ0n) is 25.8. The van der Waals surface area contributed by atoms with Crippen molar-refractivity contribution in [1.82, 2.24) is 34.7 Å². The third-order valence-electron chi connectivity index (χ3n) is 8.59. The highest BCUT2D eigenvalue weighted by Crippen LogP contribution is 2.33. The Morgan fingerprint density at radius 1 is 1.13 bits per heavy atom. The van der Waals surface area contributed by atoms with E-state index >= 15 is 0 Å². The van der Waals surface area contributed by atoms with Gasteiger partial charge in [0, 0.05) is 48.0 Å². The van der Waals surface area contributed by atoms with Gasteiger partial charge >= 0.3 is 6.18 Å². The fourth-order valence-corrected chi connectivity index (χ4v) is 7.60. The van der Waals surface area contributed by atoms with Crippen LogP contribution in [0.1, 0.15) is 44.9 Å². The highest BCUT2D eigenvalue weighted by atomic mass is 32.2. The number of amidine groups is 1. The van der Waals surface area contributed by atoms with Gasteiger partial charge in [0.05, 0.1) is 36.2 Å². The van der Waals surface area contributed by atoms with E-state index in [0.717, 1.165) is 47.6 Å². The largest absolute Gasteiger partial charge is 0.393 e. The lowest BCUT2D eigenvalue weighted by molar-refractivity contribution is -0.126. The van der Waals surface area contributed by atoms with Crippen LogP contribution in [0.2, 0.25) is 0 Å². The maximum absolute atomic E-state index is 13.0. The lowest BCUT2D eigenvalue weighted by atomic mass is 9.85. The van der Waals surface area contributed by atoms with Crippen LogP contribution in [0, 0.1) is 11.3 Å². The first-order valence-electron chi connectivity index (χ1n) is 15.4. The molecule has 0 spiro atoms. The molecule has 2 fully saturated rings. The molecular formula is C31H38F3N9O2S. The second-order valence-electron chi connectivity index (χ2n) is 12.6. The van der Waals surface area contributed by atoms with Gasteiger partial charge < -0.3 is 20.4 Å². The minimum atomic E-state index is -4.32. The van der Waals surface area contributed by atoms with E-state index in [9.17, 15) is 21.6 Å². The molecule has 0 atom stereocenters. The maximum Gasteiger partial charge on any atom is 0.393 e. The summed E-state index contributed by atoms with van der Waals surface area (Å²) in [6, 6.07) is 1.87. The van der Waals surface area contributed by atoms with Crippen molar-refractivity contribution >= 4 is 21.7 Å². The fraction of sp³-hybridized carbons (Fsp3) is 0.484. The third-order valence-corrected chi connectivity index (χ3v) is 10.6. The quantitative estimate of drug-likeness (QED) is 0.361. The summed E-state index contributed by atoms with van der Waals surface area (Å²) in [5, 5.41) is 19.3. The first-order chi connectivity index (χ1) is 21.9. The topological polar surface area (TPSA) is 132 Å². The molecule has 0 bridgehead atoms. The summed E-state index contributed by atoms with van der Waals surface area (Å²) in [7, 11) is 0.614. The first-order valence-corrected chi connectivity index (χ1v) is 16.9. The molecule has 4 heterocycles. The van der Waals surface area contributed by atoms with Crippen molar-refractivity contribution in [2.45, 2.75) is 62.4 Å². The zero-order valence-corrected chi connectivity index (χ0v) is 26.6. The van der Waals surface area contributed by atoms with E-state index in [4.69, 9.17) is 5.41 Å². The average molecular weight is 658 g/mol. The maximum atomic E-state index is 13.0. The second-order valence-corrected chi connectivity index (χ2v) is 14.7. The molecule has 0 amide bonds. The summed E-state index contributed by atoms with van der Waals surface area (Å²) >= 11 is 0. The first kappa shape index (κ1) is 32.0. The summed E-state index contributed by atoms with van der Waals surface area (Å²) in [4.78, 5) is 12.9. The number of aromatic nitrogens is 4. The van der Waals surface area contributed by atoms with Crippen molar-refractivity contribution in [3.05, 3.63) is 71.6 Å². The molecule has 246 valence electrons. The molecule has 6 rings (SSSR count). The van der Waals surface area contributed by atoms with E-state index in [0.29, 0.717) is 35.8 Å². The monoisotopic (exact) mass is 657 g/mol. The van der Waals surface area contributed by atoms with Crippen LogP contribution in [0.15, 0.2) is 71.6 Å². The molecule has 4 aliphatic rings. The number of nitrogens with one attached hydrogen (secondary N) is 3. The molecule has 11 nitrogen and oxygen atoms in total. The number of dihydropyridines is 1. The molecule has 3 N–H and O–H groups in total. The number of hydrogen-bond donors (Lipinski definition) is 3. The minimum Gasteiger partial charge on any atom is -0.382 e. The number of halogens is 3. The number of hydrogen-bond acceptors (Lipinski definition) is 9. The van der Waals surface area contributed by atoms with Gasteiger partial charge in [0.15, 0.2) is 5.82 Å². The van der Waals surface area contributed by atoms with Crippen molar-refractivity contribution in [2.24, 2.45) is 5.92 Å². The Kier molecular flexibility index (Phi) is 8.81. The Bertz CT molecular complexity index is 1710. The lowest BCUT2D eigenvalue weighted by Gasteiger charge is -2.36. The van der Waals surface area contributed by atoms with E-state index < -0.39 is 27.9 Å². The van der Waals surface area contributed by atoms with Gasteiger partial charge in [-0.25, -0.2) is 18.4 Å². The second kappa shape index (κ2) is 12.7. The Balaban J connectivity index is 1.26. The number of allylic oxidation sites excluding steroid dienone is 3. The van der Waals surface area contributed by atoms with E-state index in [-0.39, 0.29) is 29.8 Å². The van der Waals surface area contributed by atoms with Crippen LogP contribution in [-0.4, -0.2) is 83.0 Å². The number of anilines is 1. The molecule has 0 saturated heterocycles. The van der Waals surface area contributed by atoms with E-state index in [1.807, 2.05) is 0 Å². The van der Waals surface area contributed by atoms with Crippen LogP contribution < -0.4 is 15.5 Å². The predicted octanol–water partition coefficient (Wildman–Crippen LogP) is 4.32. The molecular weight excluding hydrogens is 619 g/mol. The van der Waals surface area contributed by atoms with Crippen LogP contribution in [0.3, 0.4) is 0 Å². The average Bonchev–Trinajstić information content (AvgIpc) is 3.75. The number of nitrogens with zero attached hydrogens (tertiary/aromatic N) is 6. The number of rotatable bonds is 9. The van der Waals surface area contributed by atoms with Gasteiger partial charge in [0.2, 0.25) is 0 Å². The molecule has 2 aliphatic heterocycles. The van der Waals surface area contributed by atoms with Gasteiger partial charge in [-0.3, -0.25) is 5.41 Å². The van der Waals surface area contributed by atoms with E-state index in [1.54, 1.807) is 29.3 Å². The number of alkyl halides is 3. The summed E-state index contributed by atoms with van der Waals surface area (Å²) in [6.07, 6.45) is 10.6. The molecule has 0 radical (unpaired) electrons. The molecule has 15 heteroatoms. The molecule has 0 aromatic carbocycles. The molecule has 0 unspecified atom stereocenters. The van der Waals surface area contributed by atoms with Crippen LogP contribution in [-0.2, 0) is 10.0 Å². The Morgan fingerprint density at radius 2 is 1.89 bits per heavy atom. The van der Waals surface area contributed by atoms with Gasteiger partial charge in [-0.1, -0.05) is 6.08 Å². The molecule has 46 heavy (non-hydrogen) atoms. The van der Waals surface area contributed by atoms with Crippen molar-refractivity contribution in [3.8, 4) is 11.4 Å². The van der Waals surface area contributed by atoms with E-state index in [1.165, 1.54) is 24.7 Å². The zero-order chi connectivity index (χ0) is 32.6. The predicted molar refractivity (Wildman–Crippen MR) is 169 cm³/mol. The minimum absolute atomic E-state index is 0.125. The van der Waals surface area contributed by atoms with Crippen molar-refractivity contribution in [1.29, 1.82) is 5.41 Å². The van der Waals surface area contributed by atoms with Gasteiger partial charge in [-0.05, 0) is 76.3 Å². The molecule has 2 aliphatic carbocycles. The van der Waals surface area contributed by atoms with E-state index in [2.05, 4.69) is 44.7 Å². The highest BCUT2D eigenvalue weighted by Gasteiger charge is 2.38. The Hall–Kier alpha value is -3.98. The molecule has 2 aromatic heterocycles. The van der Waals surface area contributed by atoms with Crippen molar-refractivity contribution < 1.29 is 21.6 Å². The van der Waals surface area contributed by atoms with Gasteiger partial charge in [0.25, 0.3) is 10.0 Å². The Morgan fingerprint density at radius 3 is 2.54 bits per heavy atom. The standard InChI is InChI=1S/C31H38F3N9O2S/c1-41(2)17-20-3-6-23(7-4-20)39-27-13-28(35)42(19-25(27)26-10-5-21(15-37-26)14-31(32,33)34)29-11-12-36-30(40-29)22-16-38-43(18-22)46(44,45)24-8-9-24/h5,10-13,15-16,18,20,23-24,35,37,39H,3-4,6-9,14,17,19H2,1-2H3. The summed E-state index contributed by atoms with van der Waals surface area (Å²) in [5.41, 5.74) is 2.71. The van der Waals surface area contributed by atoms with Crippen molar-refractivity contribution in [3.63, 3.8) is 0 Å². The SMILES string of the molecule is CN(C)CC1CCC(NC2=CC(=N)N(c3ccnc(-c4cnn(S(=O)(=O)C5CC5)c4)n3)CC2=C2C=CC(CC(F)(F)F)=CN2)CC1. The van der Waals surface area contributed by atoms with Gasteiger partial charge in [0.1, 0.15) is 11.7 Å². The lowest BCUT2D eigenvalue weighted by Crippen LogP contribution is -2.42. The van der Waals surface area contributed by atoms with Gasteiger partial charge in [-0.2, -0.15) is 22.4 Å². The van der Waals surface area contributed by atoms with Gasteiger partial charge in [-0.15, -0.1) is 0 Å². The van der Waals surface area contributed by atoms with Crippen LogP contribution in [0.4, 0.5) is 19.0 Å². The fourth-order valence-electron chi connectivity index (χ4n) is 6.12. The summed E-state index contributed by atoms with van der Waals surface area (Å²) in [5.74, 6) is 1.49.